The third-order valence-electron chi connectivity index (χ3n) is 3.42. The molecule has 0 aliphatic rings. The zero-order valence-electron chi connectivity index (χ0n) is 13.4. The smallest absolute Gasteiger partial charge is 0.262 e. The predicted octanol–water partition coefficient (Wildman–Crippen LogP) is 2.24. The molecule has 0 saturated carbocycles. The van der Waals surface area contributed by atoms with Crippen molar-refractivity contribution < 1.29 is 14.4 Å². The van der Waals surface area contributed by atoms with Gasteiger partial charge >= 0.3 is 0 Å². The first-order chi connectivity index (χ1) is 11.4. The van der Waals surface area contributed by atoms with E-state index >= 15 is 0 Å². The summed E-state index contributed by atoms with van der Waals surface area (Å²) in [7, 11) is 0. The summed E-state index contributed by atoms with van der Waals surface area (Å²) < 4.78 is 0. The summed E-state index contributed by atoms with van der Waals surface area (Å²) in [5.74, 6) is -1.21. The second-order valence-electron chi connectivity index (χ2n) is 5.60. The number of thiophene rings is 1. The van der Waals surface area contributed by atoms with Gasteiger partial charge in [-0.2, -0.15) is 0 Å². The zero-order chi connectivity index (χ0) is 17.7. The molecule has 2 rings (SSSR count). The number of hydrogen-bond acceptors (Lipinski definition) is 4. The number of amides is 3. The fraction of sp³-hybridized carbons (Fsp3) is 0.235. The molecule has 1 aromatic carbocycles. The van der Waals surface area contributed by atoms with Gasteiger partial charge in [0.05, 0.1) is 4.88 Å². The zero-order valence-corrected chi connectivity index (χ0v) is 14.2. The van der Waals surface area contributed by atoms with Gasteiger partial charge < -0.3 is 16.4 Å². The van der Waals surface area contributed by atoms with Gasteiger partial charge in [0.25, 0.3) is 5.91 Å². The lowest BCUT2D eigenvalue weighted by atomic mass is 10.0. The second-order valence-corrected chi connectivity index (χ2v) is 6.55. The lowest BCUT2D eigenvalue weighted by molar-refractivity contribution is -0.118. The summed E-state index contributed by atoms with van der Waals surface area (Å²) >= 11 is 1.32. The summed E-state index contributed by atoms with van der Waals surface area (Å²) in [6.07, 6.45) is 0. The SMILES string of the molecule is CC(C)[C@H](NC(=O)c1cccs1)C(=O)Nc1ccc(C(N)=O)cc1. The van der Waals surface area contributed by atoms with Crippen LogP contribution in [0.4, 0.5) is 5.69 Å². The van der Waals surface area contributed by atoms with E-state index in [9.17, 15) is 14.4 Å². The highest BCUT2D eigenvalue weighted by atomic mass is 32.1. The Bertz CT molecular complexity index is 724. The highest BCUT2D eigenvalue weighted by Gasteiger charge is 2.25. The van der Waals surface area contributed by atoms with Gasteiger partial charge in [-0.1, -0.05) is 19.9 Å². The number of nitrogens with two attached hydrogens (primary N) is 1. The van der Waals surface area contributed by atoms with Crippen LogP contribution in [0.5, 0.6) is 0 Å². The molecule has 0 aliphatic carbocycles. The molecule has 24 heavy (non-hydrogen) atoms. The molecule has 0 fully saturated rings. The Hall–Kier alpha value is -2.67. The number of rotatable bonds is 6. The molecule has 0 aliphatic heterocycles. The van der Waals surface area contributed by atoms with Crippen molar-refractivity contribution in [2.24, 2.45) is 11.7 Å². The maximum absolute atomic E-state index is 12.5. The Morgan fingerprint density at radius 3 is 2.25 bits per heavy atom. The molecule has 0 spiro atoms. The molecule has 0 bridgehead atoms. The molecule has 126 valence electrons. The van der Waals surface area contributed by atoms with Crippen LogP contribution in [0.25, 0.3) is 0 Å². The summed E-state index contributed by atoms with van der Waals surface area (Å²) in [5, 5.41) is 7.30. The molecule has 1 atom stereocenters. The van der Waals surface area contributed by atoms with E-state index in [0.717, 1.165) is 0 Å². The minimum absolute atomic E-state index is 0.0844. The summed E-state index contributed by atoms with van der Waals surface area (Å²) in [5.41, 5.74) is 6.07. The molecular formula is C17H19N3O3S. The van der Waals surface area contributed by atoms with Crippen molar-refractivity contribution in [2.75, 3.05) is 5.32 Å². The Morgan fingerprint density at radius 2 is 1.75 bits per heavy atom. The summed E-state index contributed by atoms with van der Waals surface area (Å²) in [6.45, 7) is 3.71. The Labute approximate surface area is 144 Å². The van der Waals surface area contributed by atoms with Crippen molar-refractivity contribution in [2.45, 2.75) is 19.9 Å². The minimum Gasteiger partial charge on any atom is -0.366 e. The third kappa shape index (κ3) is 4.42. The monoisotopic (exact) mass is 345 g/mol. The Balaban J connectivity index is 2.06. The highest BCUT2D eigenvalue weighted by Crippen LogP contribution is 2.13. The predicted molar refractivity (Wildman–Crippen MR) is 94.0 cm³/mol. The molecule has 3 amide bonds. The second kappa shape index (κ2) is 7.74. The number of benzene rings is 1. The topological polar surface area (TPSA) is 101 Å². The van der Waals surface area contributed by atoms with Gasteiger partial charge in [-0.3, -0.25) is 14.4 Å². The van der Waals surface area contributed by atoms with Crippen molar-refractivity contribution in [3.63, 3.8) is 0 Å². The van der Waals surface area contributed by atoms with E-state index < -0.39 is 11.9 Å². The van der Waals surface area contributed by atoms with E-state index in [-0.39, 0.29) is 17.7 Å². The van der Waals surface area contributed by atoms with E-state index in [0.29, 0.717) is 16.1 Å². The van der Waals surface area contributed by atoms with Crippen LogP contribution >= 0.6 is 11.3 Å². The van der Waals surface area contributed by atoms with Gasteiger partial charge in [-0.25, -0.2) is 0 Å². The number of hydrogen-bond donors (Lipinski definition) is 3. The van der Waals surface area contributed by atoms with Crippen molar-refractivity contribution in [3.8, 4) is 0 Å². The number of carbonyl (C=O) groups excluding carboxylic acids is 3. The molecule has 0 radical (unpaired) electrons. The molecule has 0 unspecified atom stereocenters. The Morgan fingerprint density at radius 1 is 1.08 bits per heavy atom. The van der Waals surface area contributed by atoms with Gasteiger partial charge in [0.15, 0.2) is 0 Å². The van der Waals surface area contributed by atoms with Crippen LogP contribution in [0.15, 0.2) is 41.8 Å². The molecule has 2 aromatic rings. The van der Waals surface area contributed by atoms with E-state index in [1.54, 1.807) is 29.6 Å². The average molecular weight is 345 g/mol. The lowest BCUT2D eigenvalue weighted by Gasteiger charge is -2.21. The quantitative estimate of drug-likeness (QED) is 0.748. The number of primary amides is 1. The normalized spacial score (nSPS) is 11.8. The van der Waals surface area contributed by atoms with E-state index in [1.807, 2.05) is 13.8 Å². The molecule has 4 N–H and O–H groups in total. The summed E-state index contributed by atoms with van der Waals surface area (Å²) in [4.78, 5) is 36.2. The summed E-state index contributed by atoms with van der Waals surface area (Å²) in [6, 6.07) is 9.07. The van der Waals surface area contributed by atoms with Gasteiger partial charge in [0, 0.05) is 11.3 Å². The standard InChI is InChI=1S/C17H19N3O3S/c1-10(2)14(20-16(22)13-4-3-9-24-13)17(23)19-12-7-5-11(6-8-12)15(18)21/h3-10,14H,1-2H3,(H2,18,21)(H,19,23)(H,20,22)/t14-/m0/s1. The fourth-order valence-electron chi connectivity index (χ4n) is 2.09. The van der Waals surface area contributed by atoms with E-state index in [1.165, 1.54) is 23.5 Å². The van der Waals surface area contributed by atoms with Crippen molar-refractivity contribution in [1.82, 2.24) is 5.32 Å². The van der Waals surface area contributed by atoms with Crippen molar-refractivity contribution in [3.05, 3.63) is 52.2 Å². The van der Waals surface area contributed by atoms with Gasteiger partial charge in [0.1, 0.15) is 6.04 Å². The fourth-order valence-corrected chi connectivity index (χ4v) is 2.72. The van der Waals surface area contributed by atoms with Crippen LogP contribution in [0, 0.1) is 5.92 Å². The average Bonchev–Trinajstić information content (AvgIpc) is 3.07. The van der Waals surface area contributed by atoms with Gasteiger partial charge in [0.2, 0.25) is 11.8 Å². The van der Waals surface area contributed by atoms with Crippen LogP contribution < -0.4 is 16.4 Å². The molecule has 7 heteroatoms. The molecule has 1 aromatic heterocycles. The van der Waals surface area contributed by atoms with E-state index in [4.69, 9.17) is 5.73 Å². The number of carbonyl (C=O) groups is 3. The van der Waals surface area contributed by atoms with Gasteiger partial charge in [-0.05, 0) is 41.6 Å². The highest BCUT2D eigenvalue weighted by molar-refractivity contribution is 7.12. The molecule has 6 nitrogen and oxygen atoms in total. The van der Waals surface area contributed by atoms with Crippen LogP contribution in [0.1, 0.15) is 33.9 Å². The minimum atomic E-state index is -0.671. The lowest BCUT2D eigenvalue weighted by Crippen LogP contribution is -2.46. The van der Waals surface area contributed by atoms with Crippen molar-refractivity contribution >= 4 is 34.7 Å². The van der Waals surface area contributed by atoms with Crippen LogP contribution in [0.2, 0.25) is 0 Å². The first-order valence-corrected chi connectivity index (χ1v) is 8.31. The van der Waals surface area contributed by atoms with E-state index in [2.05, 4.69) is 10.6 Å². The van der Waals surface area contributed by atoms with Crippen LogP contribution in [0.3, 0.4) is 0 Å². The largest absolute Gasteiger partial charge is 0.366 e. The van der Waals surface area contributed by atoms with Crippen LogP contribution in [-0.4, -0.2) is 23.8 Å². The first-order valence-electron chi connectivity index (χ1n) is 7.43. The third-order valence-corrected chi connectivity index (χ3v) is 4.29. The van der Waals surface area contributed by atoms with Gasteiger partial charge in [-0.15, -0.1) is 11.3 Å². The maximum Gasteiger partial charge on any atom is 0.262 e. The number of nitrogens with one attached hydrogen (secondary N) is 2. The molecule has 1 heterocycles. The molecule has 0 saturated heterocycles. The molecular weight excluding hydrogens is 326 g/mol. The first kappa shape index (κ1) is 17.7. The number of anilines is 1. The maximum atomic E-state index is 12.5. The van der Waals surface area contributed by atoms with Crippen LogP contribution in [-0.2, 0) is 4.79 Å². The Kier molecular flexibility index (Phi) is 5.70. The van der Waals surface area contributed by atoms with Crippen molar-refractivity contribution in [1.29, 1.82) is 0 Å².